The largest absolute Gasteiger partial charge is 0.462 e. The number of hydrogen-bond acceptors (Lipinski definition) is 4. The highest BCUT2D eigenvalue weighted by Gasteiger charge is 2.00. The number of aliphatic hydroxyl groups is 1. The first-order valence-corrected chi connectivity index (χ1v) is 4.15. The van der Waals surface area contributed by atoms with Gasteiger partial charge in [-0.15, -0.1) is 0 Å². The van der Waals surface area contributed by atoms with Crippen LogP contribution in [0.5, 0.6) is 0 Å². The van der Waals surface area contributed by atoms with Crippen molar-refractivity contribution in [2.45, 2.75) is 19.8 Å². The number of esters is 1. The monoisotopic (exact) mass is 176 g/mol. The maximum atomic E-state index is 10.7. The minimum atomic E-state index is -0.417. The van der Waals surface area contributed by atoms with Gasteiger partial charge in [-0.25, -0.2) is 4.79 Å². The molecule has 4 heteroatoms. The maximum absolute atomic E-state index is 10.7. The molecule has 0 heterocycles. The van der Waals surface area contributed by atoms with Crippen LogP contribution in [0.4, 0.5) is 0 Å². The molecule has 0 amide bonds. The molecule has 0 atom stereocenters. The quantitative estimate of drug-likeness (QED) is 0.449. The predicted octanol–water partition coefficient (Wildman–Crippen LogP) is 0.339. The van der Waals surface area contributed by atoms with Gasteiger partial charge in [-0.2, -0.15) is 0 Å². The van der Waals surface area contributed by atoms with E-state index >= 15 is 0 Å². The van der Waals surface area contributed by atoms with Crippen LogP contribution >= 0.6 is 0 Å². The number of ether oxygens (including phenoxy) is 2. The van der Waals surface area contributed by atoms with Crippen LogP contribution in [0.25, 0.3) is 0 Å². The van der Waals surface area contributed by atoms with Crippen LogP contribution in [-0.4, -0.2) is 37.5 Å². The van der Waals surface area contributed by atoms with E-state index in [4.69, 9.17) is 9.84 Å². The van der Waals surface area contributed by atoms with Crippen molar-refractivity contribution < 1.29 is 19.4 Å². The van der Waals surface area contributed by atoms with E-state index in [9.17, 15) is 4.79 Å². The van der Waals surface area contributed by atoms with Gasteiger partial charge in [-0.1, -0.05) is 13.3 Å². The van der Waals surface area contributed by atoms with Crippen molar-refractivity contribution in [1.82, 2.24) is 0 Å². The van der Waals surface area contributed by atoms with Crippen LogP contribution in [0.3, 0.4) is 0 Å². The fourth-order valence-electron chi connectivity index (χ4n) is 0.603. The average Bonchev–Trinajstić information content (AvgIpc) is 2.09. The predicted molar refractivity (Wildman–Crippen MR) is 43.8 cm³/mol. The Kier molecular flexibility index (Phi) is 8.05. The standard InChI is InChI=1S/C8H16O4/c1-2-3-5-11-7-8(10)12-6-4-9/h9H,2-7H2,1H3. The Bertz CT molecular complexity index is 114. The fourth-order valence-corrected chi connectivity index (χ4v) is 0.603. The second-order valence-electron chi connectivity index (χ2n) is 2.35. The molecule has 0 aliphatic rings. The van der Waals surface area contributed by atoms with Crippen LogP contribution in [0.1, 0.15) is 19.8 Å². The normalized spacial score (nSPS) is 9.83. The molecule has 0 aromatic rings. The van der Waals surface area contributed by atoms with Gasteiger partial charge in [-0.05, 0) is 6.42 Å². The highest BCUT2D eigenvalue weighted by Crippen LogP contribution is 1.88. The minimum absolute atomic E-state index is 0.0139. The third kappa shape index (κ3) is 7.50. The van der Waals surface area contributed by atoms with E-state index in [0.717, 1.165) is 12.8 Å². The van der Waals surface area contributed by atoms with E-state index in [1.54, 1.807) is 0 Å². The van der Waals surface area contributed by atoms with Gasteiger partial charge in [-0.3, -0.25) is 0 Å². The fraction of sp³-hybridized carbons (Fsp3) is 0.875. The van der Waals surface area contributed by atoms with Crippen molar-refractivity contribution in [3.05, 3.63) is 0 Å². The molecular formula is C8H16O4. The number of aliphatic hydroxyl groups excluding tert-OH is 1. The van der Waals surface area contributed by atoms with Crippen LogP contribution in [0.15, 0.2) is 0 Å². The summed E-state index contributed by atoms with van der Waals surface area (Å²) in [4.78, 5) is 10.7. The van der Waals surface area contributed by atoms with Crippen molar-refractivity contribution >= 4 is 5.97 Å². The highest BCUT2D eigenvalue weighted by molar-refractivity contribution is 5.70. The van der Waals surface area contributed by atoms with E-state index in [1.807, 2.05) is 6.92 Å². The number of carbonyl (C=O) groups is 1. The molecule has 0 fully saturated rings. The van der Waals surface area contributed by atoms with Gasteiger partial charge >= 0.3 is 5.97 Å². The Labute approximate surface area is 72.5 Å². The summed E-state index contributed by atoms with van der Waals surface area (Å²) >= 11 is 0. The Morgan fingerprint density at radius 1 is 1.42 bits per heavy atom. The van der Waals surface area contributed by atoms with Crippen LogP contribution in [0.2, 0.25) is 0 Å². The molecule has 1 N–H and O–H groups in total. The molecule has 0 bridgehead atoms. The molecule has 0 rings (SSSR count). The first kappa shape index (κ1) is 11.4. The van der Waals surface area contributed by atoms with E-state index in [1.165, 1.54) is 0 Å². The molecule has 0 spiro atoms. The van der Waals surface area contributed by atoms with Gasteiger partial charge in [0, 0.05) is 6.61 Å². The smallest absolute Gasteiger partial charge is 0.332 e. The summed E-state index contributed by atoms with van der Waals surface area (Å²) in [5.41, 5.74) is 0. The summed E-state index contributed by atoms with van der Waals surface area (Å²) < 4.78 is 9.53. The Hall–Kier alpha value is -0.610. The van der Waals surface area contributed by atoms with Gasteiger partial charge in [0.05, 0.1) is 6.61 Å². The van der Waals surface area contributed by atoms with Gasteiger partial charge in [0.2, 0.25) is 0 Å². The second kappa shape index (κ2) is 8.49. The molecule has 0 aliphatic carbocycles. The summed E-state index contributed by atoms with van der Waals surface area (Å²) in [5, 5.41) is 8.31. The molecule has 0 unspecified atom stereocenters. The average molecular weight is 176 g/mol. The molecule has 0 aromatic carbocycles. The first-order valence-electron chi connectivity index (χ1n) is 4.15. The van der Waals surface area contributed by atoms with Gasteiger partial charge in [0.15, 0.2) is 0 Å². The maximum Gasteiger partial charge on any atom is 0.332 e. The molecule has 0 aliphatic heterocycles. The second-order valence-corrected chi connectivity index (χ2v) is 2.35. The summed E-state index contributed by atoms with van der Waals surface area (Å²) in [6.07, 6.45) is 2.00. The molecule has 0 aromatic heterocycles. The van der Waals surface area contributed by atoms with Crippen molar-refractivity contribution in [2.75, 3.05) is 26.4 Å². The third-order valence-electron chi connectivity index (χ3n) is 1.22. The Morgan fingerprint density at radius 2 is 2.17 bits per heavy atom. The lowest BCUT2D eigenvalue weighted by molar-refractivity contribution is -0.149. The molecule has 0 saturated heterocycles. The molecule has 0 saturated carbocycles. The van der Waals surface area contributed by atoms with Crippen LogP contribution in [-0.2, 0) is 14.3 Å². The van der Waals surface area contributed by atoms with Gasteiger partial charge < -0.3 is 14.6 Å². The summed E-state index contributed by atoms with van der Waals surface area (Å²) in [6, 6.07) is 0. The zero-order valence-electron chi connectivity index (χ0n) is 7.41. The Balaban J connectivity index is 3.08. The van der Waals surface area contributed by atoms with Crippen molar-refractivity contribution in [2.24, 2.45) is 0 Å². The summed E-state index contributed by atoms with van der Waals surface area (Å²) in [7, 11) is 0. The molecule has 12 heavy (non-hydrogen) atoms. The van der Waals surface area contributed by atoms with E-state index in [-0.39, 0.29) is 19.8 Å². The van der Waals surface area contributed by atoms with Gasteiger partial charge in [0.25, 0.3) is 0 Å². The van der Waals surface area contributed by atoms with Gasteiger partial charge in [0.1, 0.15) is 13.2 Å². The lowest BCUT2D eigenvalue weighted by Gasteiger charge is -2.03. The molecule has 4 nitrogen and oxygen atoms in total. The SMILES string of the molecule is CCCCOCC(=O)OCCO. The number of hydrogen-bond donors (Lipinski definition) is 1. The lowest BCUT2D eigenvalue weighted by Crippen LogP contribution is -2.15. The van der Waals surface area contributed by atoms with E-state index in [0.29, 0.717) is 6.61 Å². The Morgan fingerprint density at radius 3 is 2.75 bits per heavy atom. The van der Waals surface area contributed by atoms with Crippen LogP contribution < -0.4 is 0 Å². The van der Waals surface area contributed by atoms with Crippen molar-refractivity contribution in [3.8, 4) is 0 Å². The topological polar surface area (TPSA) is 55.8 Å². The summed E-state index contributed by atoms with van der Waals surface area (Å²) in [5.74, 6) is -0.417. The minimum Gasteiger partial charge on any atom is -0.462 e. The van der Waals surface area contributed by atoms with Crippen LogP contribution in [0, 0.1) is 0 Å². The molecule has 72 valence electrons. The van der Waals surface area contributed by atoms with Crippen molar-refractivity contribution in [3.63, 3.8) is 0 Å². The molecular weight excluding hydrogens is 160 g/mol. The zero-order chi connectivity index (χ0) is 9.23. The summed E-state index contributed by atoms with van der Waals surface area (Å²) in [6.45, 7) is 2.54. The van der Waals surface area contributed by atoms with Crippen molar-refractivity contribution in [1.29, 1.82) is 0 Å². The third-order valence-corrected chi connectivity index (χ3v) is 1.22. The lowest BCUT2D eigenvalue weighted by atomic mass is 10.4. The number of carbonyl (C=O) groups excluding carboxylic acids is 1. The highest BCUT2D eigenvalue weighted by atomic mass is 16.6. The van der Waals surface area contributed by atoms with E-state index in [2.05, 4.69) is 4.74 Å². The number of unbranched alkanes of at least 4 members (excludes halogenated alkanes) is 1. The molecule has 0 radical (unpaired) electrons. The first-order chi connectivity index (χ1) is 5.81. The zero-order valence-corrected chi connectivity index (χ0v) is 7.41. The van der Waals surface area contributed by atoms with E-state index < -0.39 is 5.97 Å². The number of rotatable bonds is 7.